The molecule has 856 valence electrons. The molecule has 11 fully saturated rings. The molecule has 4 amide bonds. The molecule has 0 aliphatic carbocycles. The lowest BCUT2D eigenvalue weighted by molar-refractivity contribution is -0.399. The van der Waals surface area contributed by atoms with Crippen LogP contribution in [0, 0.1) is 17.8 Å². The van der Waals surface area contributed by atoms with Crippen molar-refractivity contribution < 1.29 is 291 Å². The van der Waals surface area contributed by atoms with E-state index in [0.717, 1.165) is 27.7 Å². The first kappa shape index (κ1) is 126. The first-order chi connectivity index (χ1) is 70.0. The van der Waals surface area contributed by atoms with Gasteiger partial charge in [-0.2, -0.15) is 19.2 Å². The van der Waals surface area contributed by atoms with Gasteiger partial charge in [-0.1, -0.05) is 27.7 Å². The van der Waals surface area contributed by atoms with Crippen molar-refractivity contribution in [1.82, 2.24) is 21.3 Å². The van der Waals surface area contributed by atoms with E-state index in [1.807, 2.05) is 0 Å². The summed E-state index contributed by atoms with van der Waals surface area (Å²) in [6, 6.07) is -7.24. The Labute approximate surface area is 841 Å². The van der Waals surface area contributed by atoms with Gasteiger partial charge in [0.2, 0.25) is 23.6 Å². The predicted molar refractivity (Wildman–Crippen MR) is 459 cm³/mol. The van der Waals surface area contributed by atoms with Crippen molar-refractivity contribution in [2.24, 2.45) is 17.8 Å². The largest absolute Gasteiger partial charge is 0.394 e. The van der Waals surface area contributed by atoms with Crippen LogP contribution in [-0.4, -0.2) is 599 Å². The molecule has 57 atom stereocenters. The van der Waals surface area contributed by atoms with Gasteiger partial charge in [-0.05, 0) is 5.92 Å². The van der Waals surface area contributed by atoms with Crippen molar-refractivity contribution in [3.05, 3.63) is 0 Å². The minimum absolute atomic E-state index is 0.250. The van der Waals surface area contributed by atoms with Crippen LogP contribution in [0.1, 0.15) is 68.2 Å². The molecule has 63 nitrogen and oxygen atoms in total. The number of rotatable bonds is 40. The number of amides is 4. The number of ether oxygens (including phenoxy) is 21. The third-order valence-corrected chi connectivity index (χ3v) is 27.2. The van der Waals surface area contributed by atoms with Gasteiger partial charge in [-0.3, -0.25) is 19.2 Å². The normalized spacial score (nSPS) is 45.8. The van der Waals surface area contributed by atoms with E-state index in [9.17, 15) is 172 Å². The van der Waals surface area contributed by atoms with E-state index < -0.39 is 464 Å². The molecule has 0 radical (unpaired) electrons. The zero-order chi connectivity index (χ0) is 110. The maximum atomic E-state index is 13.3. The number of aliphatic hydroxyl groups excluding tert-OH is 30. The highest BCUT2D eigenvalue weighted by atomic mass is 16.8. The first-order valence-electron chi connectivity index (χ1n) is 47.5. The lowest BCUT2D eigenvalue weighted by Crippen LogP contribution is -2.71. The molecule has 0 aromatic heterocycles. The highest BCUT2D eigenvalue weighted by Gasteiger charge is 2.63. The number of nitrogens with one attached hydrogen (secondary N) is 4. The van der Waals surface area contributed by atoms with Crippen LogP contribution in [0.15, 0.2) is 0 Å². The monoisotopic (exact) mass is 2160 g/mol. The van der Waals surface area contributed by atoms with E-state index >= 15 is 0 Å². The summed E-state index contributed by atoms with van der Waals surface area (Å²) < 4.78 is 128. The zero-order valence-corrected chi connectivity index (χ0v) is 80.9. The second kappa shape index (κ2) is 57.5. The molecular formula is C85H142N4O59. The van der Waals surface area contributed by atoms with Crippen LogP contribution in [0.25, 0.3) is 0 Å². The smallest absolute Gasteiger partial charge is 0.373 e. The Morgan fingerprint density at radius 2 is 0.534 bits per heavy atom. The predicted octanol–water partition coefficient (Wildman–Crippen LogP) is -21.8. The molecule has 11 rings (SSSR count). The molecule has 0 aromatic carbocycles. The van der Waals surface area contributed by atoms with Crippen molar-refractivity contribution in [1.29, 1.82) is 0 Å². The van der Waals surface area contributed by atoms with Crippen LogP contribution in [-0.2, 0) is 138 Å². The van der Waals surface area contributed by atoms with Gasteiger partial charge in [0.1, 0.15) is 238 Å². The number of hydrogen-bond acceptors (Lipinski definition) is 59. The maximum Gasteiger partial charge on any atom is 0.373 e. The van der Waals surface area contributed by atoms with Gasteiger partial charge in [0.15, 0.2) is 62.9 Å². The third kappa shape index (κ3) is 29.7. The molecule has 148 heavy (non-hydrogen) atoms. The molecule has 63 heteroatoms. The van der Waals surface area contributed by atoms with Crippen molar-refractivity contribution in [3.63, 3.8) is 0 Å². The van der Waals surface area contributed by atoms with Gasteiger partial charge in [0.25, 0.3) is 0 Å². The summed E-state index contributed by atoms with van der Waals surface area (Å²) >= 11 is 0. The summed E-state index contributed by atoms with van der Waals surface area (Å²) in [5, 5.41) is 349. The molecule has 11 aliphatic rings. The van der Waals surface area contributed by atoms with Gasteiger partial charge in [-0.25, -0.2) is 0 Å². The SMILES string of the molecule is CC(=O)NC1[C@H](O[C@@H]2C(CO)O[C@@H](C(C)C)C(NC(C)=O)[C@H]2O)OC(CO)[C@@H](O[C@@H]2OC(CO[C@H]3OC(CO)[C@@H](O)[C@H](O)C3O[C@@H]3OC(CO)[C@@H](O[C@@H]4OC(CO)[C@H](O)[C@H](O[C@@H]5C[C@@H](O)[C@@H](C)C([C@H](O)[C@H](O)CO)O5)C4O)[C@H](O)C3NC(C)=O)[C@@H](O)[C@H](O[C@H]3OC(CO)[C@@H](O)C(O)C3O[C@@H]3OC(CO)[C@@H](O[C@@H]4OC(CO)[C@H](O)[C@H](O[C@@H]5C[C@@H](O)[C@@H](C)C([C@H](O)[C@H](O)CO)O5)C4O)[C@H](O)C3NC(C)=O)C2O)[C@@H]1O.O=C=O.O=C=O. The summed E-state index contributed by atoms with van der Waals surface area (Å²) in [5.74, 6) is -5.85. The Morgan fingerprint density at radius 1 is 0.284 bits per heavy atom. The van der Waals surface area contributed by atoms with Crippen LogP contribution in [0.5, 0.6) is 0 Å². The van der Waals surface area contributed by atoms with Gasteiger partial charge >= 0.3 is 12.3 Å². The van der Waals surface area contributed by atoms with Crippen LogP contribution in [0.3, 0.4) is 0 Å². The lowest BCUT2D eigenvalue weighted by Gasteiger charge is -2.51. The maximum absolute atomic E-state index is 13.3. The Bertz CT molecular complexity index is 4060. The van der Waals surface area contributed by atoms with E-state index in [4.69, 9.17) is 119 Å². The fraction of sp³-hybridized carbons (Fsp3) is 0.929. The summed E-state index contributed by atoms with van der Waals surface area (Å²) in [7, 11) is 0. The summed E-state index contributed by atoms with van der Waals surface area (Å²) in [6.45, 7) is -2.00. The van der Waals surface area contributed by atoms with Crippen LogP contribution in [0.2, 0.25) is 0 Å². The quantitative estimate of drug-likeness (QED) is 0.0271. The number of carbonyl (C=O) groups is 4. The molecule has 0 spiro atoms. The minimum Gasteiger partial charge on any atom is -0.394 e. The van der Waals surface area contributed by atoms with Gasteiger partial charge in [-0.15, -0.1) is 0 Å². The first-order valence-corrected chi connectivity index (χ1v) is 47.5. The highest BCUT2D eigenvalue weighted by Crippen LogP contribution is 2.43. The number of carbonyl (C=O) groups excluding carboxylic acids is 8. The van der Waals surface area contributed by atoms with E-state index in [2.05, 4.69) is 21.3 Å². The van der Waals surface area contributed by atoms with Gasteiger partial charge in [0, 0.05) is 52.4 Å². The summed E-state index contributed by atoms with van der Waals surface area (Å²) in [5.41, 5.74) is 0. The van der Waals surface area contributed by atoms with E-state index in [0.29, 0.717) is 0 Å². The Hall–Kier alpha value is -5.40. The van der Waals surface area contributed by atoms with Crippen molar-refractivity contribution in [2.45, 2.75) is 406 Å². The fourth-order valence-corrected chi connectivity index (χ4v) is 19.3. The second-order valence-electron chi connectivity index (χ2n) is 37.7. The third-order valence-electron chi connectivity index (χ3n) is 27.2. The molecule has 0 aromatic rings. The van der Waals surface area contributed by atoms with Crippen molar-refractivity contribution in [2.75, 3.05) is 72.7 Å². The topological polar surface area (TPSA) is 985 Å². The average Bonchev–Trinajstić information content (AvgIpc) is 0.764. The Morgan fingerprint density at radius 3 is 0.851 bits per heavy atom. The van der Waals surface area contributed by atoms with E-state index in [1.165, 1.54) is 13.8 Å². The molecule has 11 saturated heterocycles. The number of hydrogen-bond donors (Lipinski definition) is 34. The Balaban J connectivity index is 0.00000396. The van der Waals surface area contributed by atoms with Crippen LogP contribution < -0.4 is 21.3 Å². The van der Waals surface area contributed by atoms with Crippen LogP contribution >= 0.6 is 0 Å². The average molecular weight is 2160 g/mol. The second-order valence-corrected chi connectivity index (χ2v) is 37.7. The Kier molecular flexibility index (Phi) is 49.0. The van der Waals surface area contributed by atoms with Crippen LogP contribution in [0.4, 0.5) is 0 Å². The van der Waals surface area contributed by atoms with Gasteiger partial charge < -0.3 is 274 Å². The lowest BCUT2D eigenvalue weighted by atomic mass is 9.87. The van der Waals surface area contributed by atoms with E-state index in [1.54, 1.807) is 13.8 Å². The van der Waals surface area contributed by atoms with E-state index in [-0.39, 0.29) is 12.3 Å². The van der Waals surface area contributed by atoms with Crippen molar-refractivity contribution >= 4 is 35.9 Å². The zero-order valence-electron chi connectivity index (χ0n) is 80.9. The molecule has 34 N–H and O–H groups in total. The van der Waals surface area contributed by atoms with Gasteiger partial charge in [0.05, 0.1) is 109 Å². The molecular weight excluding hydrogens is 2020 g/mol. The molecule has 11 heterocycles. The highest BCUT2D eigenvalue weighted by molar-refractivity contribution is 5.74. The summed E-state index contributed by atoms with van der Waals surface area (Å²) in [4.78, 5) is 84.9. The standard InChI is InChI=1S/C83H142N4O55.2CO2/c1-22(2)64-44(84-25(5)98)55(113)67(37(17-94)123-64)136-76-45(85-26(6)99)56(114)70(38(18-95)128-76)139-81-63(121)73(140-83-75(60(118)51(109)34(14-91)127-83)142-78-47(87-28(8)101)58(116)69(40(20-97)130-78)138-80-62(120)72(53(111)36(16-93)125-80)135-43-10-30(103)24(4)66(133-43)49(107)32(105)12-89)54(112)41(131-81)21-122-82-74(59(117)50(108)33(13-90)126-82)141-77-46(86-27(7)100)57(115)68(39(19-96)129-77)137-79-61(119)71(52(110)35(15-92)124-79)134-42-9-29(102)23(3)65(132-42)48(106)31(104)11-88;2*2-1-3/h22-24,29-83,88-97,102-121H,9-21H2,1-8H3,(H,84,98)(H,85,99)(H,86,100)(H,87,101);;/t23-,24-,29-,30-,31-,32-,33?,34?,35?,36?,37?,38?,39?,40?,41?,42-,43-,44?,45?,46?,47?,48-,49-,50-,51-,52+,53+,54-,55-,56-,57-,58-,59+,60?,61?,62?,63?,64+,65?,66?,67-,68-,69-,70-,71+,72+,73+,74?,75?,76+,77+,78+,79+,80+,81+,82+,83-;;/m1../s1. The summed E-state index contributed by atoms with van der Waals surface area (Å²) in [6.07, 6.45) is -103. The minimum atomic E-state index is -2.63. The number of aliphatic hydroxyl groups is 30. The molecule has 11 aliphatic heterocycles. The molecule has 0 saturated carbocycles. The fourth-order valence-electron chi connectivity index (χ4n) is 19.3. The molecule has 0 bridgehead atoms. The molecule has 21 unspecified atom stereocenters. The van der Waals surface area contributed by atoms with Crippen molar-refractivity contribution in [3.8, 4) is 0 Å².